The molecular formula is C22H28N6O2. The van der Waals surface area contributed by atoms with Gasteiger partial charge in [-0.2, -0.15) is 0 Å². The second kappa shape index (κ2) is 9.30. The van der Waals surface area contributed by atoms with E-state index in [2.05, 4.69) is 10.2 Å². The van der Waals surface area contributed by atoms with Crippen LogP contribution >= 0.6 is 0 Å². The minimum atomic E-state index is -0.293. The number of ether oxygens (including phenoxy) is 1. The topological polar surface area (TPSA) is 119 Å². The van der Waals surface area contributed by atoms with E-state index in [0.29, 0.717) is 17.1 Å². The van der Waals surface area contributed by atoms with E-state index in [4.69, 9.17) is 21.3 Å². The fourth-order valence-corrected chi connectivity index (χ4v) is 3.34. The molecule has 0 saturated carbocycles. The number of nitrogens with zero attached hydrogens (tertiary/aromatic N) is 2. The number of urea groups is 1. The third-order valence-electron chi connectivity index (χ3n) is 5.17. The van der Waals surface area contributed by atoms with Crippen molar-refractivity contribution >= 4 is 29.1 Å². The van der Waals surface area contributed by atoms with Crippen LogP contribution in [0, 0.1) is 10.8 Å². The lowest BCUT2D eigenvalue weighted by molar-refractivity contribution is 0.130. The molecule has 5 N–H and O–H groups in total. The van der Waals surface area contributed by atoms with Gasteiger partial charge in [0.15, 0.2) is 0 Å². The third-order valence-corrected chi connectivity index (χ3v) is 5.17. The maximum absolute atomic E-state index is 12.6. The van der Waals surface area contributed by atoms with Gasteiger partial charge in [0.1, 0.15) is 17.7 Å². The molecule has 1 aliphatic heterocycles. The number of anilines is 2. The highest BCUT2D eigenvalue weighted by Crippen LogP contribution is 2.23. The van der Waals surface area contributed by atoms with Gasteiger partial charge < -0.3 is 20.7 Å². The first-order valence-electron chi connectivity index (χ1n) is 9.89. The Hall–Kier alpha value is -3.55. The van der Waals surface area contributed by atoms with Crippen LogP contribution in [0.3, 0.4) is 0 Å². The standard InChI is InChI=1S/C22H28N6O2/c1-15(23)28-12-10-20(11-13-28)30-19-8-6-18(7-9-19)27(2)22(29)26-17-5-3-4-16(14-17)21(24)25/h3-9,14,20,23H,10-13H2,1-2H3,(H3,24,25)(H,26,29). The lowest BCUT2D eigenvalue weighted by Crippen LogP contribution is -2.40. The highest BCUT2D eigenvalue weighted by molar-refractivity contribution is 6.02. The van der Waals surface area contributed by atoms with Crippen LogP contribution in [0.5, 0.6) is 5.75 Å². The van der Waals surface area contributed by atoms with E-state index in [1.54, 1.807) is 31.3 Å². The van der Waals surface area contributed by atoms with Crippen molar-refractivity contribution in [3.63, 3.8) is 0 Å². The number of likely N-dealkylation sites (tertiary alicyclic amines) is 1. The number of piperidine rings is 1. The van der Waals surface area contributed by atoms with E-state index in [1.165, 1.54) is 4.90 Å². The molecule has 0 radical (unpaired) electrons. The van der Waals surface area contributed by atoms with Gasteiger partial charge in [0.25, 0.3) is 0 Å². The van der Waals surface area contributed by atoms with Crippen molar-refractivity contribution in [2.75, 3.05) is 30.4 Å². The number of rotatable bonds is 5. The predicted octanol–water partition coefficient (Wildman–Crippen LogP) is 3.48. The summed E-state index contributed by atoms with van der Waals surface area (Å²) in [6, 6.07) is 14.0. The smallest absolute Gasteiger partial charge is 0.326 e. The maximum Gasteiger partial charge on any atom is 0.326 e. The average Bonchev–Trinajstić information content (AvgIpc) is 2.74. The molecule has 2 amide bonds. The summed E-state index contributed by atoms with van der Waals surface area (Å²) < 4.78 is 6.06. The number of hydrogen-bond donors (Lipinski definition) is 4. The number of carbonyl (C=O) groups is 1. The van der Waals surface area contributed by atoms with E-state index in [0.717, 1.165) is 37.4 Å². The zero-order chi connectivity index (χ0) is 21.7. The molecule has 2 aromatic rings. The SMILES string of the molecule is CC(=N)N1CCC(Oc2ccc(N(C)C(=O)Nc3cccc(C(=N)N)c3)cc2)CC1. The number of nitrogen functional groups attached to an aromatic ring is 1. The molecule has 0 spiro atoms. The molecule has 3 rings (SSSR count). The first-order valence-corrected chi connectivity index (χ1v) is 9.89. The molecular weight excluding hydrogens is 380 g/mol. The van der Waals surface area contributed by atoms with Gasteiger partial charge in [-0.25, -0.2) is 4.79 Å². The molecule has 30 heavy (non-hydrogen) atoms. The van der Waals surface area contributed by atoms with Crippen molar-refractivity contribution in [3.8, 4) is 5.75 Å². The number of benzene rings is 2. The molecule has 0 bridgehead atoms. The van der Waals surface area contributed by atoms with Crippen molar-refractivity contribution in [1.82, 2.24) is 4.90 Å². The van der Waals surface area contributed by atoms with Gasteiger partial charge in [-0.15, -0.1) is 0 Å². The zero-order valence-corrected chi connectivity index (χ0v) is 17.3. The van der Waals surface area contributed by atoms with Crippen molar-refractivity contribution in [2.24, 2.45) is 5.73 Å². The first-order chi connectivity index (χ1) is 14.3. The van der Waals surface area contributed by atoms with Crippen LogP contribution < -0.4 is 20.7 Å². The third kappa shape index (κ3) is 5.28. The number of nitrogens with two attached hydrogens (primary N) is 1. The Kier molecular flexibility index (Phi) is 6.56. The van der Waals surface area contributed by atoms with Crippen LogP contribution in [0.2, 0.25) is 0 Å². The second-order valence-electron chi connectivity index (χ2n) is 7.37. The lowest BCUT2D eigenvalue weighted by atomic mass is 10.1. The van der Waals surface area contributed by atoms with Gasteiger partial charge in [0.05, 0.1) is 5.84 Å². The number of amidine groups is 2. The Bertz CT molecular complexity index is 919. The summed E-state index contributed by atoms with van der Waals surface area (Å²) >= 11 is 0. The summed E-state index contributed by atoms with van der Waals surface area (Å²) in [5, 5.41) is 18.0. The normalized spacial score (nSPS) is 14.1. The summed E-state index contributed by atoms with van der Waals surface area (Å²) in [6.45, 7) is 3.49. The Balaban J connectivity index is 1.56. The summed E-state index contributed by atoms with van der Waals surface area (Å²) in [7, 11) is 1.69. The lowest BCUT2D eigenvalue weighted by Gasteiger charge is -2.32. The molecule has 0 atom stereocenters. The summed E-state index contributed by atoms with van der Waals surface area (Å²) in [6.07, 6.45) is 1.92. The van der Waals surface area contributed by atoms with Crippen molar-refractivity contribution in [2.45, 2.75) is 25.9 Å². The quantitative estimate of drug-likeness (QED) is 0.447. The Morgan fingerprint density at radius 3 is 2.43 bits per heavy atom. The van der Waals surface area contributed by atoms with Gasteiger partial charge >= 0.3 is 6.03 Å². The van der Waals surface area contributed by atoms with E-state index in [1.807, 2.05) is 31.2 Å². The number of nitrogens with one attached hydrogen (secondary N) is 3. The minimum Gasteiger partial charge on any atom is -0.490 e. The molecule has 1 heterocycles. The molecule has 1 saturated heterocycles. The van der Waals surface area contributed by atoms with Crippen molar-refractivity contribution in [3.05, 3.63) is 54.1 Å². The number of hydrogen-bond acceptors (Lipinski definition) is 4. The van der Waals surface area contributed by atoms with Crippen LogP contribution in [0.4, 0.5) is 16.2 Å². The van der Waals surface area contributed by atoms with Gasteiger partial charge in [-0.3, -0.25) is 15.7 Å². The Morgan fingerprint density at radius 2 is 1.83 bits per heavy atom. The van der Waals surface area contributed by atoms with Crippen LogP contribution in [0.1, 0.15) is 25.3 Å². The fraction of sp³-hybridized carbons (Fsp3) is 0.318. The van der Waals surface area contributed by atoms with Crippen LogP contribution in [-0.2, 0) is 0 Å². The van der Waals surface area contributed by atoms with Crippen LogP contribution in [0.15, 0.2) is 48.5 Å². The predicted molar refractivity (Wildman–Crippen MR) is 120 cm³/mol. The monoisotopic (exact) mass is 408 g/mol. The molecule has 158 valence electrons. The molecule has 2 aromatic carbocycles. The summed E-state index contributed by atoms with van der Waals surface area (Å²) in [5.41, 5.74) is 7.36. The minimum absolute atomic E-state index is 0.0475. The van der Waals surface area contributed by atoms with E-state index >= 15 is 0 Å². The molecule has 1 fully saturated rings. The van der Waals surface area contributed by atoms with Crippen LogP contribution in [0.25, 0.3) is 0 Å². The molecule has 0 unspecified atom stereocenters. The van der Waals surface area contributed by atoms with Gasteiger partial charge in [0, 0.05) is 49.9 Å². The first kappa shape index (κ1) is 21.2. The second-order valence-corrected chi connectivity index (χ2v) is 7.37. The maximum atomic E-state index is 12.6. The van der Waals surface area contributed by atoms with E-state index < -0.39 is 0 Å². The van der Waals surface area contributed by atoms with Crippen LogP contribution in [-0.4, -0.2) is 48.8 Å². The molecule has 0 aliphatic carbocycles. The van der Waals surface area contributed by atoms with Crippen molar-refractivity contribution in [1.29, 1.82) is 10.8 Å². The Labute approximate surface area is 176 Å². The number of carbonyl (C=O) groups excluding carboxylic acids is 1. The highest BCUT2D eigenvalue weighted by atomic mass is 16.5. The van der Waals surface area contributed by atoms with E-state index in [-0.39, 0.29) is 18.0 Å². The number of amides is 2. The van der Waals surface area contributed by atoms with Gasteiger partial charge in [-0.1, -0.05) is 12.1 Å². The Morgan fingerprint density at radius 1 is 1.17 bits per heavy atom. The van der Waals surface area contributed by atoms with Gasteiger partial charge in [0.2, 0.25) is 0 Å². The highest BCUT2D eigenvalue weighted by Gasteiger charge is 2.21. The summed E-state index contributed by atoms with van der Waals surface area (Å²) in [4.78, 5) is 16.1. The van der Waals surface area contributed by atoms with E-state index in [9.17, 15) is 4.79 Å². The molecule has 8 nitrogen and oxygen atoms in total. The van der Waals surface area contributed by atoms with Gasteiger partial charge in [-0.05, 0) is 43.3 Å². The molecule has 8 heteroatoms. The average molecular weight is 409 g/mol. The fourth-order valence-electron chi connectivity index (χ4n) is 3.34. The summed E-state index contributed by atoms with van der Waals surface area (Å²) in [5.74, 6) is 1.33. The molecule has 0 aromatic heterocycles. The molecule has 1 aliphatic rings. The van der Waals surface area contributed by atoms with Crippen molar-refractivity contribution < 1.29 is 9.53 Å². The largest absolute Gasteiger partial charge is 0.490 e. The zero-order valence-electron chi connectivity index (χ0n) is 17.3.